The maximum absolute atomic E-state index is 13.6. The fourth-order valence-corrected chi connectivity index (χ4v) is 5.89. The molecule has 1 N–H and O–H groups in total. The fraction of sp³-hybridized carbons (Fsp3) is 0.571. The number of benzene rings is 2. The predicted octanol–water partition coefficient (Wildman–Crippen LogP) is 10.9. The van der Waals surface area contributed by atoms with E-state index in [4.69, 9.17) is 4.74 Å². The summed E-state index contributed by atoms with van der Waals surface area (Å²) >= 11 is 1.78. The number of ether oxygens (including phenoxy) is 1. The summed E-state index contributed by atoms with van der Waals surface area (Å²) in [7, 11) is 0. The molecule has 6 heteroatoms. The highest BCUT2D eigenvalue weighted by Gasteiger charge is 2.24. The maximum atomic E-state index is 13.6. The molecule has 228 valence electrons. The highest BCUT2D eigenvalue weighted by molar-refractivity contribution is 8.93. The van der Waals surface area contributed by atoms with Gasteiger partial charge in [-0.2, -0.15) is 0 Å². The SMILES string of the molecule is Br.CCCCCCCCCCCCCCOc1c(C(=O)Nc2ccccc2CN2C=CSC2)cccc1C(C)(C)C. The lowest BCUT2D eigenvalue weighted by atomic mass is 9.85. The molecule has 0 unspecified atom stereocenters. The van der Waals surface area contributed by atoms with Crippen LogP contribution in [0.15, 0.2) is 54.1 Å². The number of hydrogen-bond acceptors (Lipinski definition) is 4. The smallest absolute Gasteiger partial charge is 0.259 e. The van der Waals surface area contributed by atoms with Gasteiger partial charge in [-0.05, 0) is 34.9 Å². The Balaban J connectivity index is 0.00000588. The number of carbonyl (C=O) groups is 1. The first-order valence-corrected chi connectivity index (χ1v) is 16.6. The van der Waals surface area contributed by atoms with Gasteiger partial charge in [0.1, 0.15) is 5.75 Å². The second-order valence-electron chi connectivity index (χ2n) is 12.1. The Labute approximate surface area is 264 Å². The Kier molecular flexibility index (Phi) is 16.6. The number of amides is 1. The molecule has 3 rings (SSSR count). The first kappa shape index (κ1) is 35.3. The summed E-state index contributed by atoms with van der Waals surface area (Å²) < 4.78 is 6.40. The van der Waals surface area contributed by atoms with E-state index >= 15 is 0 Å². The van der Waals surface area contributed by atoms with Crippen LogP contribution in [0.1, 0.15) is 126 Å². The molecule has 0 spiro atoms. The average molecular weight is 646 g/mol. The van der Waals surface area contributed by atoms with Crippen molar-refractivity contribution in [3.8, 4) is 5.75 Å². The van der Waals surface area contributed by atoms with Crippen LogP contribution in [-0.2, 0) is 12.0 Å². The Morgan fingerprint density at radius 3 is 2.12 bits per heavy atom. The molecule has 0 bridgehead atoms. The number of halogens is 1. The van der Waals surface area contributed by atoms with Crippen molar-refractivity contribution in [2.45, 2.75) is 117 Å². The van der Waals surface area contributed by atoms with Crippen molar-refractivity contribution in [1.82, 2.24) is 4.90 Å². The Morgan fingerprint density at radius 1 is 0.878 bits per heavy atom. The highest BCUT2D eigenvalue weighted by Crippen LogP contribution is 2.35. The number of rotatable bonds is 18. The van der Waals surface area contributed by atoms with Gasteiger partial charge in [-0.25, -0.2) is 0 Å². The van der Waals surface area contributed by atoms with E-state index in [-0.39, 0.29) is 28.3 Å². The second-order valence-corrected chi connectivity index (χ2v) is 13.0. The number of thioether (sulfide) groups is 1. The minimum absolute atomic E-state index is 0. The van der Waals surface area contributed by atoms with E-state index in [0.717, 1.165) is 41.4 Å². The maximum Gasteiger partial charge on any atom is 0.259 e. The van der Waals surface area contributed by atoms with Gasteiger partial charge in [0.25, 0.3) is 5.91 Å². The Morgan fingerprint density at radius 2 is 1.51 bits per heavy atom. The lowest BCUT2D eigenvalue weighted by Crippen LogP contribution is -2.20. The van der Waals surface area contributed by atoms with Gasteiger partial charge in [-0.15, -0.1) is 28.7 Å². The van der Waals surface area contributed by atoms with Crippen molar-refractivity contribution in [2.75, 3.05) is 17.8 Å². The summed E-state index contributed by atoms with van der Waals surface area (Å²) in [4.78, 5) is 15.9. The number of nitrogens with zero attached hydrogens (tertiary/aromatic N) is 1. The van der Waals surface area contributed by atoms with Crippen molar-refractivity contribution < 1.29 is 9.53 Å². The molecule has 0 saturated heterocycles. The number of hydrogen-bond donors (Lipinski definition) is 1. The molecule has 0 radical (unpaired) electrons. The van der Waals surface area contributed by atoms with Crippen LogP contribution in [0.5, 0.6) is 5.75 Å². The van der Waals surface area contributed by atoms with Gasteiger partial charge in [-0.1, -0.05) is 129 Å². The van der Waals surface area contributed by atoms with E-state index in [1.165, 1.54) is 70.6 Å². The summed E-state index contributed by atoms with van der Waals surface area (Å²) in [6, 6.07) is 14.0. The van der Waals surface area contributed by atoms with Crippen molar-refractivity contribution in [3.05, 3.63) is 70.8 Å². The number of unbranched alkanes of at least 4 members (excludes halogenated alkanes) is 11. The average Bonchev–Trinajstić information content (AvgIpc) is 3.45. The minimum Gasteiger partial charge on any atom is -0.492 e. The standard InChI is InChI=1S/C35H52N2O2S.BrH/c1-5-6-7-8-9-10-11-12-13-14-15-18-25-39-33-30(21-19-22-31(33)35(2,3)4)34(38)36-32-23-17-16-20-29(32)27-37-24-26-40-28-37;/h16-17,19-24,26H,5-15,18,25,27-28H2,1-4H3,(H,36,38);1H. The lowest BCUT2D eigenvalue weighted by Gasteiger charge is -2.25. The molecule has 1 aliphatic heterocycles. The number of nitrogens with one attached hydrogen (secondary N) is 1. The van der Waals surface area contributed by atoms with Gasteiger partial charge in [-0.3, -0.25) is 4.79 Å². The summed E-state index contributed by atoms with van der Waals surface area (Å²) in [5, 5.41) is 5.30. The third-order valence-corrected chi connectivity index (χ3v) is 8.35. The Bertz CT molecular complexity index is 1070. The molecule has 41 heavy (non-hydrogen) atoms. The van der Waals surface area contributed by atoms with E-state index in [2.05, 4.69) is 61.7 Å². The van der Waals surface area contributed by atoms with Crippen LogP contribution in [0.3, 0.4) is 0 Å². The van der Waals surface area contributed by atoms with Crippen molar-refractivity contribution in [1.29, 1.82) is 0 Å². The van der Waals surface area contributed by atoms with E-state index in [1.807, 2.05) is 30.3 Å². The van der Waals surface area contributed by atoms with Crippen molar-refractivity contribution in [3.63, 3.8) is 0 Å². The molecular weight excluding hydrogens is 592 g/mol. The van der Waals surface area contributed by atoms with Crippen molar-refractivity contribution in [2.24, 2.45) is 0 Å². The zero-order chi connectivity index (χ0) is 28.6. The monoisotopic (exact) mass is 644 g/mol. The highest BCUT2D eigenvalue weighted by atomic mass is 79.9. The van der Waals surface area contributed by atoms with Gasteiger partial charge in [0.05, 0.1) is 18.0 Å². The van der Waals surface area contributed by atoms with E-state index in [9.17, 15) is 4.79 Å². The molecular formula is C35H53BrN2O2S. The molecule has 2 aromatic rings. The third kappa shape index (κ3) is 12.5. The molecule has 0 fully saturated rings. The molecule has 0 saturated carbocycles. The first-order chi connectivity index (χ1) is 19.4. The zero-order valence-corrected chi connectivity index (χ0v) is 28.4. The lowest BCUT2D eigenvalue weighted by molar-refractivity contribution is 0.102. The molecule has 0 aromatic heterocycles. The number of para-hydroxylation sites is 2. The van der Waals surface area contributed by atoms with Crippen LogP contribution in [0, 0.1) is 0 Å². The molecule has 0 aliphatic carbocycles. The quantitative estimate of drug-likeness (QED) is 0.164. The van der Waals surface area contributed by atoms with E-state index < -0.39 is 0 Å². The molecule has 1 aliphatic rings. The molecule has 1 heterocycles. The normalized spacial score (nSPS) is 12.8. The fourth-order valence-electron chi connectivity index (χ4n) is 5.18. The zero-order valence-electron chi connectivity index (χ0n) is 25.9. The van der Waals surface area contributed by atoms with Crippen molar-refractivity contribution >= 4 is 40.3 Å². The summed E-state index contributed by atoms with van der Waals surface area (Å²) in [5.41, 5.74) is 3.52. The van der Waals surface area contributed by atoms with Crippen LogP contribution in [0.25, 0.3) is 0 Å². The Hall–Kier alpha value is -1.92. The van der Waals surface area contributed by atoms with Crippen LogP contribution in [-0.4, -0.2) is 23.3 Å². The van der Waals surface area contributed by atoms with Crippen LogP contribution in [0.2, 0.25) is 0 Å². The summed E-state index contributed by atoms with van der Waals surface area (Å²) in [6.45, 7) is 10.2. The largest absolute Gasteiger partial charge is 0.492 e. The molecule has 1 amide bonds. The van der Waals surface area contributed by atoms with E-state index in [1.54, 1.807) is 11.8 Å². The number of carbonyl (C=O) groups excluding carboxylic acids is 1. The first-order valence-electron chi connectivity index (χ1n) is 15.6. The summed E-state index contributed by atoms with van der Waals surface area (Å²) in [5.74, 6) is 1.55. The molecule has 4 nitrogen and oxygen atoms in total. The van der Waals surface area contributed by atoms with E-state index in [0.29, 0.717) is 12.2 Å². The van der Waals surface area contributed by atoms with Gasteiger partial charge in [0, 0.05) is 24.0 Å². The van der Waals surface area contributed by atoms with Gasteiger partial charge < -0.3 is 15.0 Å². The van der Waals surface area contributed by atoms with Gasteiger partial charge in [0.2, 0.25) is 0 Å². The second kappa shape index (κ2) is 19.3. The topological polar surface area (TPSA) is 41.6 Å². The summed E-state index contributed by atoms with van der Waals surface area (Å²) in [6.07, 6.45) is 17.9. The minimum atomic E-state index is -0.125. The van der Waals surface area contributed by atoms with Crippen LogP contribution < -0.4 is 10.1 Å². The molecule has 0 atom stereocenters. The third-order valence-electron chi connectivity index (χ3n) is 7.56. The van der Waals surface area contributed by atoms with Gasteiger partial charge >= 0.3 is 0 Å². The predicted molar refractivity (Wildman–Crippen MR) is 184 cm³/mol. The van der Waals surface area contributed by atoms with Crippen LogP contribution >= 0.6 is 28.7 Å². The molecule has 2 aromatic carbocycles. The number of anilines is 1. The van der Waals surface area contributed by atoms with Gasteiger partial charge in [0.15, 0.2) is 0 Å². The van der Waals surface area contributed by atoms with Crippen LogP contribution in [0.4, 0.5) is 5.69 Å².